The highest BCUT2D eigenvalue weighted by molar-refractivity contribution is 4.97. The minimum Gasteiger partial charge on any atom is -0.378 e. The third kappa shape index (κ3) is 2.75. The first-order valence-corrected chi connectivity index (χ1v) is 6.17. The molecule has 3 N–H and O–H groups in total. The fourth-order valence-electron chi connectivity index (χ4n) is 2.34. The monoisotopic (exact) mass is 225 g/mol. The van der Waals surface area contributed by atoms with E-state index in [2.05, 4.69) is 36.5 Å². The molecule has 1 saturated heterocycles. The summed E-state index contributed by atoms with van der Waals surface area (Å²) in [5.41, 5.74) is 6.06. The zero-order valence-electron chi connectivity index (χ0n) is 10.2. The van der Waals surface area contributed by atoms with Gasteiger partial charge in [-0.15, -0.1) is 0 Å². The molecule has 4 atom stereocenters. The number of nitrogens with zero attached hydrogens (tertiary/aromatic N) is 1. The van der Waals surface area contributed by atoms with Gasteiger partial charge in [-0.25, -0.2) is 0 Å². The van der Waals surface area contributed by atoms with E-state index >= 15 is 0 Å². The second-order valence-electron chi connectivity index (χ2n) is 5.01. The lowest BCUT2D eigenvalue weighted by atomic mass is 9.99. The summed E-state index contributed by atoms with van der Waals surface area (Å²) in [4.78, 5) is 2.18. The molecule has 2 rings (SSSR count). The molecular weight excluding hydrogens is 202 g/mol. The number of rotatable bonds is 2. The second kappa shape index (κ2) is 5.17. The highest BCUT2D eigenvalue weighted by Gasteiger charge is 2.29. The van der Waals surface area contributed by atoms with Crippen LogP contribution in [0.2, 0.25) is 0 Å². The van der Waals surface area contributed by atoms with Crippen LogP contribution in [-0.4, -0.2) is 49.8 Å². The largest absolute Gasteiger partial charge is 0.378 e. The Morgan fingerprint density at radius 3 is 3.00 bits per heavy atom. The maximum Gasteiger partial charge on any atom is 0.0814 e. The maximum absolute atomic E-state index is 6.17. The molecule has 0 bridgehead atoms. The number of piperidine rings is 1. The first-order valence-electron chi connectivity index (χ1n) is 6.17. The lowest BCUT2D eigenvalue weighted by molar-refractivity contribution is -0.0620. The Balaban J connectivity index is 1.90. The van der Waals surface area contributed by atoms with Crippen LogP contribution in [0.1, 0.15) is 13.3 Å². The lowest BCUT2D eigenvalue weighted by Gasteiger charge is -2.37. The SMILES string of the molecule is CC1C=CN(C)C[C@H]1OC1CCNCC1N. The highest BCUT2D eigenvalue weighted by atomic mass is 16.5. The molecule has 2 aliphatic rings. The van der Waals surface area contributed by atoms with Crippen LogP contribution in [0.15, 0.2) is 12.3 Å². The van der Waals surface area contributed by atoms with Crippen LogP contribution in [0.5, 0.6) is 0 Å². The molecule has 0 spiro atoms. The van der Waals surface area contributed by atoms with Crippen LogP contribution < -0.4 is 11.1 Å². The van der Waals surface area contributed by atoms with E-state index in [1.165, 1.54) is 0 Å². The van der Waals surface area contributed by atoms with E-state index in [4.69, 9.17) is 10.5 Å². The normalized spacial score (nSPS) is 40.1. The van der Waals surface area contributed by atoms with E-state index in [0.29, 0.717) is 5.92 Å². The summed E-state index contributed by atoms with van der Waals surface area (Å²) in [6, 6.07) is 0.136. The summed E-state index contributed by atoms with van der Waals surface area (Å²) in [7, 11) is 2.08. The quantitative estimate of drug-likeness (QED) is 0.703. The van der Waals surface area contributed by atoms with Gasteiger partial charge < -0.3 is 20.7 Å². The van der Waals surface area contributed by atoms with Gasteiger partial charge in [0.25, 0.3) is 0 Å². The number of hydrogen-bond donors (Lipinski definition) is 2. The van der Waals surface area contributed by atoms with Gasteiger partial charge in [0, 0.05) is 32.1 Å². The molecule has 0 aromatic heterocycles. The second-order valence-corrected chi connectivity index (χ2v) is 5.01. The number of nitrogens with one attached hydrogen (secondary N) is 1. The van der Waals surface area contributed by atoms with Gasteiger partial charge in [-0.1, -0.05) is 13.0 Å². The van der Waals surface area contributed by atoms with Gasteiger partial charge in [0.15, 0.2) is 0 Å². The Morgan fingerprint density at radius 1 is 1.44 bits per heavy atom. The summed E-state index contributed by atoms with van der Waals surface area (Å²) in [6.07, 6.45) is 5.86. The Morgan fingerprint density at radius 2 is 2.25 bits per heavy atom. The molecule has 2 aliphatic heterocycles. The van der Waals surface area contributed by atoms with Crippen LogP contribution in [0.4, 0.5) is 0 Å². The molecule has 1 fully saturated rings. The molecule has 0 saturated carbocycles. The Kier molecular flexibility index (Phi) is 3.84. The smallest absolute Gasteiger partial charge is 0.0814 e. The first-order chi connectivity index (χ1) is 7.66. The number of likely N-dealkylation sites (N-methyl/N-ethyl adjacent to an activating group) is 1. The zero-order valence-corrected chi connectivity index (χ0v) is 10.2. The van der Waals surface area contributed by atoms with Crippen molar-refractivity contribution in [3.05, 3.63) is 12.3 Å². The molecule has 0 aromatic rings. The summed E-state index contributed by atoms with van der Waals surface area (Å²) in [5.74, 6) is 0.485. The van der Waals surface area contributed by atoms with Crippen molar-refractivity contribution in [2.75, 3.05) is 26.7 Å². The summed E-state index contributed by atoms with van der Waals surface area (Å²) in [5, 5.41) is 3.29. The molecular formula is C12H23N3O. The maximum atomic E-state index is 6.17. The highest BCUT2D eigenvalue weighted by Crippen LogP contribution is 2.20. The van der Waals surface area contributed by atoms with E-state index in [0.717, 1.165) is 26.1 Å². The van der Waals surface area contributed by atoms with Crippen molar-refractivity contribution in [2.45, 2.75) is 31.6 Å². The van der Waals surface area contributed by atoms with E-state index < -0.39 is 0 Å². The van der Waals surface area contributed by atoms with Gasteiger partial charge in [0.1, 0.15) is 0 Å². The Labute approximate surface area is 97.8 Å². The molecule has 92 valence electrons. The molecule has 0 radical (unpaired) electrons. The topological polar surface area (TPSA) is 50.5 Å². The molecule has 4 nitrogen and oxygen atoms in total. The number of nitrogens with two attached hydrogens (primary N) is 1. The van der Waals surface area contributed by atoms with Gasteiger partial charge in [-0.3, -0.25) is 0 Å². The van der Waals surface area contributed by atoms with E-state index in [1.54, 1.807) is 0 Å². The van der Waals surface area contributed by atoms with Crippen LogP contribution in [0, 0.1) is 5.92 Å². The third-order valence-corrected chi connectivity index (χ3v) is 3.51. The molecule has 16 heavy (non-hydrogen) atoms. The average Bonchev–Trinajstić information content (AvgIpc) is 2.27. The zero-order chi connectivity index (χ0) is 11.5. The average molecular weight is 225 g/mol. The summed E-state index contributed by atoms with van der Waals surface area (Å²) < 4.78 is 6.17. The first kappa shape index (κ1) is 11.9. The molecule has 0 aliphatic carbocycles. The number of ether oxygens (including phenoxy) is 1. The van der Waals surface area contributed by atoms with Crippen molar-refractivity contribution in [3.8, 4) is 0 Å². The van der Waals surface area contributed by atoms with Crippen molar-refractivity contribution >= 4 is 0 Å². The van der Waals surface area contributed by atoms with Gasteiger partial charge in [0.2, 0.25) is 0 Å². The van der Waals surface area contributed by atoms with E-state index in [9.17, 15) is 0 Å². The lowest BCUT2D eigenvalue weighted by Crippen LogP contribution is -2.53. The van der Waals surface area contributed by atoms with Gasteiger partial charge in [-0.2, -0.15) is 0 Å². The van der Waals surface area contributed by atoms with E-state index in [-0.39, 0.29) is 18.2 Å². The van der Waals surface area contributed by atoms with Gasteiger partial charge in [0.05, 0.1) is 12.2 Å². The van der Waals surface area contributed by atoms with Crippen molar-refractivity contribution < 1.29 is 4.74 Å². The Bertz CT molecular complexity index is 257. The number of hydrogen-bond acceptors (Lipinski definition) is 4. The summed E-state index contributed by atoms with van der Waals surface area (Å²) in [6.45, 7) is 5.07. The van der Waals surface area contributed by atoms with Gasteiger partial charge in [-0.05, 0) is 19.2 Å². The molecule has 0 amide bonds. The minimum absolute atomic E-state index is 0.136. The van der Waals surface area contributed by atoms with Crippen molar-refractivity contribution in [1.29, 1.82) is 0 Å². The van der Waals surface area contributed by atoms with Crippen LogP contribution in [0.25, 0.3) is 0 Å². The molecule has 0 aromatic carbocycles. The predicted molar refractivity (Wildman–Crippen MR) is 65.1 cm³/mol. The fraction of sp³-hybridized carbons (Fsp3) is 0.833. The predicted octanol–water partition coefficient (Wildman–Crippen LogP) is 0.156. The Hall–Kier alpha value is -0.580. The van der Waals surface area contributed by atoms with Crippen molar-refractivity contribution in [2.24, 2.45) is 11.7 Å². The third-order valence-electron chi connectivity index (χ3n) is 3.51. The van der Waals surface area contributed by atoms with Crippen molar-refractivity contribution in [3.63, 3.8) is 0 Å². The summed E-state index contributed by atoms with van der Waals surface area (Å²) >= 11 is 0. The van der Waals surface area contributed by atoms with Crippen LogP contribution >= 0.6 is 0 Å². The standard InChI is InChI=1S/C12H23N3O/c1-9-4-6-15(2)8-12(9)16-11-3-5-14-7-10(11)13/h4,6,9-12,14H,3,5,7-8,13H2,1-2H3/t9?,10?,11?,12-/m1/s1. The molecule has 3 unspecified atom stereocenters. The van der Waals surface area contributed by atoms with Crippen molar-refractivity contribution in [1.82, 2.24) is 10.2 Å². The molecule has 2 heterocycles. The van der Waals surface area contributed by atoms with Gasteiger partial charge >= 0.3 is 0 Å². The van der Waals surface area contributed by atoms with Crippen LogP contribution in [-0.2, 0) is 4.74 Å². The fourth-order valence-corrected chi connectivity index (χ4v) is 2.34. The molecule has 4 heteroatoms. The minimum atomic E-state index is 0.136. The van der Waals surface area contributed by atoms with E-state index in [1.807, 2.05) is 0 Å². The van der Waals surface area contributed by atoms with Crippen LogP contribution in [0.3, 0.4) is 0 Å².